The Labute approximate surface area is 129 Å². The highest BCUT2D eigenvalue weighted by Crippen LogP contribution is 2.19. The lowest BCUT2D eigenvalue weighted by Crippen LogP contribution is -2.25. The van der Waals surface area contributed by atoms with Crippen LogP contribution in [0, 0.1) is 0 Å². The maximum Gasteiger partial charge on any atom is 0.0328 e. The molecule has 2 nitrogen and oxygen atoms in total. The van der Waals surface area contributed by atoms with Gasteiger partial charge >= 0.3 is 0 Å². The molecule has 0 aliphatic rings. The van der Waals surface area contributed by atoms with Crippen LogP contribution in [-0.2, 0) is 13.1 Å². The fourth-order valence-corrected chi connectivity index (χ4v) is 3.27. The first-order valence-electron chi connectivity index (χ1n) is 8.30. The molecule has 1 heterocycles. The molecule has 0 aliphatic carbocycles. The number of hydrogen-bond acceptors (Lipinski definition) is 3. The van der Waals surface area contributed by atoms with Gasteiger partial charge in [-0.15, -0.1) is 11.3 Å². The third kappa shape index (κ3) is 7.41. The molecular weight excluding hydrogens is 264 g/mol. The van der Waals surface area contributed by atoms with E-state index in [1.807, 2.05) is 11.3 Å². The van der Waals surface area contributed by atoms with Gasteiger partial charge in [0, 0.05) is 22.8 Å². The third-order valence-electron chi connectivity index (χ3n) is 3.48. The van der Waals surface area contributed by atoms with Crippen LogP contribution >= 0.6 is 11.3 Å². The van der Waals surface area contributed by atoms with Gasteiger partial charge in [0.1, 0.15) is 0 Å². The first-order chi connectivity index (χ1) is 9.80. The fourth-order valence-electron chi connectivity index (χ4n) is 2.24. The van der Waals surface area contributed by atoms with Crippen LogP contribution in [-0.4, -0.2) is 24.5 Å². The van der Waals surface area contributed by atoms with Gasteiger partial charge in [-0.3, -0.25) is 4.90 Å². The number of unbranched alkanes of at least 4 members (excludes halogenated alkanes) is 2. The SMILES string of the molecule is CCCCN(CCCC)Cc1ccc(CNCCC)s1. The Kier molecular flexibility index (Phi) is 9.98. The van der Waals surface area contributed by atoms with E-state index in [9.17, 15) is 0 Å². The van der Waals surface area contributed by atoms with Gasteiger partial charge < -0.3 is 5.32 Å². The second-order valence-corrected chi connectivity index (χ2v) is 6.78. The first kappa shape index (κ1) is 17.7. The Balaban J connectivity index is 2.41. The van der Waals surface area contributed by atoms with E-state index in [-0.39, 0.29) is 0 Å². The van der Waals surface area contributed by atoms with E-state index >= 15 is 0 Å². The van der Waals surface area contributed by atoms with Crippen LogP contribution in [0.1, 0.15) is 62.6 Å². The van der Waals surface area contributed by atoms with Crippen molar-refractivity contribution in [3.63, 3.8) is 0 Å². The molecule has 0 amide bonds. The molecule has 0 saturated heterocycles. The molecule has 1 rings (SSSR count). The zero-order valence-electron chi connectivity index (χ0n) is 13.6. The summed E-state index contributed by atoms with van der Waals surface area (Å²) in [5.41, 5.74) is 0. The van der Waals surface area contributed by atoms with Crippen molar-refractivity contribution in [2.75, 3.05) is 19.6 Å². The fraction of sp³-hybridized carbons (Fsp3) is 0.765. The highest BCUT2D eigenvalue weighted by atomic mass is 32.1. The normalized spacial score (nSPS) is 11.4. The standard InChI is InChI=1S/C17H32N2S/c1-4-7-12-19(13-8-5-2)15-17-10-9-16(20-17)14-18-11-6-3/h9-10,18H,4-8,11-15H2,1-3H3. The summed E-state index contributed by atoms with van der Waals surface area (Å²) in [6.07, 6.45) is 6.43. The minimum absolute atomic E-state index is 1.03. The minimum Gasteiger partial charge on any atom is -0.312 e. The van der Waals surface area contributed by atoms with Crippen molar-refractivity contribution in [1.82, 2.24) is 10.2 Å². The van der Waals surface area contributed by atoms with Crippen molar-refractivity contribution in [3.05, 3.63) is 21.9 Å². The van der Waals surface area contributed by atoms with Crippen molar-refractivity contribution in [2.45, 2.75) is 66.0 Å². The Morgan fingerprint density at radius 2 is 1.60 bits per heavy atom. The molecule has 0 unspecified atom stereocenters. The van der Waals surface area contributed by atoms with Gasteiger partial charge in [-0.2, -0.15) is 0 Å². The van der Waals surface area contributed by atoms with Crippen LogP contribution in [0.15, 0.2) is 12.1 Å². The minimum atomic E-state index is 1.03. The summed E-state index contributed by atoms with van der Waals surface area (Å²) < 4.78 is 0. The van der Waals surface area contributed by atoms with Gasteiger partial charge in [0.15, 0.2) is 0 Å². The van der Waals surface area contributed by atoms with Crippen molar-refractivity contribution < 1.29 is 0 Å². The summed E-state index contributed by atoms with van der Waals surface area (Å²) in [4.78, 5) is 5.62. The van der Waals surface area contributed by atoms with Crippen LogP contribution in [0.5, 0.6) is 0 Å². The van der Waals surface area contributed by atoms with Crippen molar-refractivity contribution >= 4 is 11.3 Å². The Bertz CT molecular complexity index is 327. The summed E-state index contributed by atoms with van der Waals surface area (Å²) in [5.74, 6) is 0. The van der Waals surface area contributed by atoms with Gasteiger partial charge in [0.25, 0.3) is 0 Å². The number of nitrogens with zero attached hydrogens (tertiary/aromatic N) is 1. The lowest BCUT2D eigenvalue weighted by molar-refractivity contribution is 0.259. The molecule has 20 heavy (non-hydrogen) atoms. The first-order valence-corrected chi connectivity index (χ1v) is 9.12. The van der Waals surface area contributed by atoms with E-state index < -0.39 is 0 Å². The van der Waals surface area contributed by atoms with E-state index in [1.54, 1.807) is 0 Å². The lowest BCUT2D eigenvalue weighted by Gasteiger charge is -2.21. The highest BCUT2D eigenvalue weighted by Gasteiger charge is 2.07. The monoisotopic (exact) mass is 296 g/mol. The topological polar surface area (TPSA) is 15.3 Å². The number of hydrogen-bond donors (Lipinski definition) is 1. The van der Waals surface area contributed by atoms with E-state index in [0.29, 0.717) is 0 Å². The number of rotatable bonds is 12. The molecule has 0 fully saturated rings. The van der Waals surface area contributed by atoms with Gasteiger partial charge in [-0.25, -0.2) is 0 Å². The average Bonchev–Trinajstić information content (AvgIpc) is 2.89. The van der Waals surface area contributed by atoms with E-state index in [0.717, 1.165) is 19.6 Å². The summed E-state index contributed by atoms with van der Waals surface area (Å²) >= 11 is 1.97. The van der Waals surface area contributed by atoms with Gasteiger partial charge in [-0.1, -0.05) is 33.6 Å². The van der Waals surface area contributed by atoms with E-state index in [2.05, 4.69) is 43.1 Å². The smallest absolute Gasteiger partial charge is 0.0328 e. The van der Waals surface area contributed by atoms with Crippen molar-refractivity contribution in [3.8, 4) is 0 Å². The molecule has 3 heteroatoms. The summed E-state index contributed by atoms with van der Waals surface area (Å²) in [6.45, 7) is 12.6. The summed E-state index contributed by atoms with van der Waals surface area (Å²) in [5, 5.41) is 3.48. The molecule has 0 atom stereocenters. The van der Waals surface area contributed by atoms with Gasteiger partial charge in [0.05, 0.1) is 0 Å². The van der Waals surface area contributed by atoms with E-state index in [1.165, 1.54) is 54.9 Å². The van der Waals surface area contributed by atoms with Gasteiger partial charge in [0.2, 0.25) is 0 Å². The maximum atomic E-state index is 3.48. The molecule has 1 aromatic heterocycles. The zero-order valence-corrected chi connectivity index (χ0v) is 14.4. The molecular formula is C17H32N2S. The second kappa shape index (κ2) is 11.3. The molecule has 0 aromatic carbocycles. The van der Waals surface area contributed by atoms with E-state index in [4.69, 9.17) is 0 Å². The second-order valence-electron chi connectivity index (χ2n) is 5.53. The molecule has 0 bridgehead atoms. The molecule has 1 aromatic rings. The highest BCUT2D eigenvalue weighted by molar-refractivity contribution is 7.11. The predicted octanol–water partition coefficient (Wildman–Crippen LogP) is 4.65. The molecule has 0 spiro atoms. The zero-order chi connectivity index (χ0) is 14.6. The Morgan fingerprint density at radius 3 is 2.20 bits per heavy atom. The van der Waals surface area contributed by atoms with Crippen molar-refractivity contribution in [2.24, 2.45) is 0 Å². The molecule has 1 N–H and O–H groups in total. The average molecular weight is 297 g/mol. The molecule has 0 saturated carbocycles. The third-order valence-corrected chi connectivity index (χ3v) is 4.55. The quantitative estimate of drug-likeness (QED) is 0.565. The Morgan fingerprint density at radius 1 is 0.950 bits per heavy atom. The molecule has 0 aliphatic heterocycles. The lowest BCUT2D eigenvalue weighted by atomic mass is 10.2. The van der Waals surface area contributed by atoms with Crippen LogP contribution in [0.4, 0.5) is 0 Å². The largest absolute Gasteiger partial charge is 0.312 e. The van der Waals surface area contributed by atoms with Gasteiger partial charge in [-0.05, 0) is 51.0 Å². The molecule has 0 radical (unpaired) electrons. The number of nitrogens with one attached hydrogen (secondary N) is 1. The van der Waals surface area contributed by atoms with Crippen LogP contribution < -0.4 is 5.32 Å². The molecule has 116 valence electrons. The number of thiophene rings is 1. The predicted molar refractivity (Wildman–Crippen MR) is 91.4 cm³/mol. The Hall–Kier alpha value is -0.380. The van der Waals surface area contributed by atoms with Crippen LogP contribution in [0.3, 0.4) is 0 Å². The summed E-state index contributed by atoms with van der Waals surface area (Å²) in [6, 6.07) is 4.61. The van der Waals surface area contributed by atoms with Crippen molar-refractivity contribution in [1.29, 1.82) is 0 Å². The maximum absolute atomic E-state index is 3.48. The van der Waals surface area contributed by atoms with Crippen LogP contribution in [0.2, 0.25) is 0 Å². The van der Waals surface area contributed by atoms with Crippen LogP contribution in [0.25, 0.3) is 0 Å². The summed E-state index contributed by atoms with van der Waals surface area (Å²) in [7, 11) is 0.